The molecule has 1 aromatic carbocycles. The molecule has 0 saturated heterocycles. The second-order valence-corrected chi connectivity index (χ2v) is 9.73. The molecule has 0 bridgehead atoms. The van der Waals surface area contributed by atoms with Gasteiger partial charge in [0, 0.05) is 20.6 Å². The van der Waals surface area contributed by atoms with Gasteiger partial charge in [-0.1, -0.05) is 43.8 Å². The van der Waals surface area contributed by atoms with Crippen LogP contribution in [0.2, 0.25) is 0 Å². The minimum absolute atomic E-state index is 0.149. The van der Waals surface area contributed by atoms with Crippen molar-refractivity contribution < 1.29 is 9.53 Å². The number of aromatic nitrogens is 5. The number of ether oxygens (including phenoxy) is 1. The van der Waals surface area contributed by atoms with Crippen molar-refractivity contribution in [2.75, 3.05) is 5.73 Å². The van der Waals surface area contributed by atoms with Crippen LogP contribution in [0.4, 0.5) is 5.82 Å². The number of carbonyl (C=O) groups excluding carboxylic acids is 1. The number of nitrogens with zero attached hydrogens (tertiary/aromatic N) is 5. The van der Waals surface area contributed by atoms with Crippen molar-refractivity contribution in [2.24, 2.45) is 20.0 Å². The van der Waals surface area contributed by atoms with Crippen LogP contribution < -0.4 is 21.7 Å². The molecule has 1 atom stereocenters. The average Bonchev–Trinajstić information content (AvgIpc) is 3.20. The number of nitrogens with two attached hydrogens (primary N) is 1. The van der Waals surface area contributed by atoms with Gasteiger partial charge in [0.2, 0.25) is 0 Å². The van der Waals surface area contributed by atoms with Crippen LogP contribution in [0, 0.1) is 5.92 Å². The fourth-order valence-electron chi connectivity index (χ4n) is 3.30. The number of benzene rings is 1. The molecule has 182 valence electrons. The summed E-state index contributed by atoms with van der Waals surface area (Å²) in [5.74, 6) is 1.20. The first-order chi connectivity index (χ1) is 16.1. The third kappa shape index (κ3) is 5.41. The molecule has 3 rings (SSSR count). The van der Waals surface area contributed by atoms with Crippen molar-refractivity contribution in [2.45, 2.75) is 50.8 Å². The number of hydrogen-bond acceptors (Lipinski definition) is 8. The molecule has 0 aliphatic heterocycles. The SMILES string of the molecule is CC(C)CCn1c(COc2ccccc2)nnc1SC(C)C(=O)c1c(N)n(C)c(=O)n(C)c1=O. The number of nitrogen functional groups attached to an aromatic ring is 1. The van der Waals surface area contributed by atoms with Crippen molar-refractivity contribution in [3.8, 4) is 5.75 Å². The Balaban J connectivity index is 1.86. The zero-order valence-electron chi connectivity index (χ0n) is 20.0. The average molecular weight is 487 g/mol. The highest BCUT2D eigenvalue weighted by atomic mass is 32.2. The summed E-state index contributed by atoms with van der Waals surface area (Å²) in [5, 5.41) is 8.45. The second-order valence-electron chi connectivity index (χ2n) is 8.43. The maximum atomic E-state index is 13.2. The monoisotopic (exact) mass is 486 g/mol. The van der Waals surface area contributed by atoms with Gasteiger partial charge in [0.1, 0.15) is 23.7 Å². The Morgan fingerprint density at radius 2 is 1.76 bits per heavy atom. The van der Waals surface area contributed by atoms with Gasteiger partial charge in [-0.2, -0.15) is 0 Å². The van der Waals surface area contributed by atoms with Gasteiger partial charge in [-0.3, -0.25) is 18.7 Å². The molecule has 2 aromatic heterocycles. The van der Waals surface area contributed by atoms with E-state index in [2.05, 4.69) is 24.0 Å². The van der Waals surface area contributed by atoms with Gasteiger partial charge in [-0.05, 0) is 31.4 Å². The Kier molecular flexibility index (Phi) is 7.98. The van der Waals surface area contributed by atoms with Gasteiger partial charge in [0.25, 0.3) is 5.56 Å². The lowest BCUT2D eigenvalue weighted by Crippen LogP contribution is -2.42. The lowest BCUT2D eigenvalue weighted by Gasteiger charge is -2.16. The number of hydrogen-bond donors (Lipinski definition) is 1. The molecule has 3 aromatic rings. The molecule has 11 heteroatoms. The third-order valence-electron chi connectivity index (χ3n) is 5.44. The molecular weight excluding hydrogens is 456 g/mol. The van der Waals surface area contributed by atoms with Crippen molar-refractivity contribution in [3.63, 3.8) is 0 Å². The highest BCUT2D eigenvalue weighted by molar-refractivity contribution is 8.00. The van der Waals surface area contributed by atoms with Crippen LogP contribution in [0.15, 0.2) is 45.1 Å². The molecular formula is C23H30N6O4S. The van der Waals surface area contributed by atoms with Gasteiger partial charge < -0.3 is 15.0 Å². The van der Waals surface area contributed by atoms with E-state index in [-0.39, 0.29) is 18.0 Å². The predicted molar refractivity (Wildman–Crippen MR) is 131 cm³/mol. The minimum Gasteiger partial charge on any atom is -0.486 e. The van der Waals surface area contributed by atoms with E-state index in [1.54, 1.807) is 6.92 Å². The molecule has 0 aliphatic rings. The zero-order chi connectivity index (χ0) is 25.0. The predicted octanol–water partition coefficient (Wildman–Crippen LogP) is 2.25. The highest BCUT2D eigenvalue weighted by Gasteiger charge is 2.27. The summed E-state index contributed by atoms with van der Waals surface area (Å²) in [6, 6.07) is 9.42. The van der Waals surface area contributed by atoms with E-state index in [1.807, 2.05) is 34.9 Å². The molecule has 34 heavy (non-hydrogen) atoms. The lowest BCUT2D eigenvalue weighted by molar-refractivity contribution is 0.0992. The Hall–Kier alpha value is -3.34. The summed E-state index contributed by atoms with van der Waals surface area (Å²) in [7, 11) is 2.74. The van der Waals surface area contributed by atoms with Gasteiger partial charge >= 0.3 is 5.69 Å². The van der Waals surface area contributed by atoms with Crippen molar-refractivity contribution in [3.05, 3.63) is 62.6 Å². The number of para-hydroxylation sites is 1. The van der Waals surface area contributed by atoms with E-state index < -0.39 is 22.3 Å². The zero-order valence-corrected chi connectivity index (χ0v) is 20.8. The molecule has 10 nitrogen and oxygen atoms in total. The molecule has 0 spiro atoms. The van der Waals surface area contributed by atoms with E-state index >= 15 is 0 Å². The van der Waals surface area contributed by atoms with Crippen LogP contribution in [0.5, 0.6) is 5.75 Å². The number of ketones is 1. The third-order valence-corrected chi connectivity index (χ3v) is 6.52. The van der Waals surface area contributed by atoms with Crippen LogP contribution in [0.25, 0.3) is 0 Å². The van der Waals surface area contributed by atoms with Crippen LogP contribution in [0.3, 0.4) is 0 Å². The molecule has 1 unspecified atom stereocenters. The molecule has 2 heterocycles. The van der Waals surface area contributed by atoms with Gasteiger partial charge in [0.05, 0.1) is 5.25 Å². The second kappa shape index (κ2) is 10.7. The minimum atomic E-state index is -0.712. The maximum absolute atomic E-state index is 13.2. The maximum Gasteiger partial charge on any atom is 0.332 e. The Labute approximate surface area is 201 Å². The van der Waals surface area contributed by atoms with Gasteiger partial charge in [-0.25, -0.2) is 4.79 Å². The van der Waals surface area contributed by atoms with Crippen molar-refractivity contribution in [1.82, 2.24) is 23.9 Å². The van der Waals surface area contributed by atoms with Crippen LogP contribution in [0.1, 0.15) is 43.4 Å². The molecule has 2 N–H and O–H groups in total. The fourth-order valence-corrected chi connectivity index (χ4v) is 4.25. The van der Waals surface area contributed by atoms with E-state index in [9.17, 15) is 14.4 Å². The topological polar surface area (TPSA) is 127 Å². The Morgan fingerprint density at radius 1 is 1.09 bits per heavy atom. The number of rotatable bonds is 10. The first-order valence-corrected chi connectivity index (χ1v) is 11.9. The Morgan fingerprint density at radius 3 is 2.41 bits per heavy atom. The van der Waals surface area contributed by atoms with E-state index in [1.165, 1.54) is 25.9 Å². The highest BCUT2D eigenvalue weighted by Crippen LogP contribution is 2.26. The van der Waals surface area contributed by atoms with Crippen molar-refractivity contribution >= 4 is 23.4 Å². The summed E-state index contributed by atoms with van der Waals surface area (Å²) in [6.07, 6.45) is 0.889. The number of carbonyl (C=O) groups is 1. The standard InChI is InChI=1S/C23H30N6O4S/c1-14(2)11-12-29-17(13-33-16-9-7-6-8-10-16)25-26-22(29)34-15(3)19(30)18-20(24)27(4)23(32)28(5)21(18)31/h6-10,14-15H,11-13,24H2,1-5H3. The molecule has 0 amide bonds. The number of thioether (sulfide) groups is 1. The molecule has 0 radical (unpaired) electrons. The van der Waals surface area contributed by atoms with Crippen LogP contribution in [-0.2, 0) is 27.2 Å². The summed E-state index contributed by atoms with van der Waals surface area (Å²) in [5.41, 5.74) is 4.46. The summed E-state index contributed by atoms with van der Waals surface area (Å²) >= 11 is 1.19. The quantitative estimate of drug-likeness (QED) is 0.341. The van der Waals surface area contributed by atoms with Crippen LogP contribution in [-0.4, -0.2) is 34.9 Å². The van der Waals surface area contributed by atoms with Crippen molar-refractivity contribution in [1.29, 1.82) is 0 Å². The van der Waals surface area contributed by atoms with E-state index in [0.29, 0.717) is 23.4 Å². The smallest absolute Gasteiger partial charge is 0.332 e. The largest absolute Gasteiger partial charge is 0.486 e. The summed E-state index contributed by atoms with van der Waals surface area (Å²) in [4.78, 5) is 37.9. The summed E-state index contributed by atoms with van der Waals surface area (Å²) in [6.45, 7) is 6.82. The first-order valence-electron chi connectivity index (χ1n) is 11.0. The lowest BCUT2D eigenvalue weighted by atomic mass is 10.1. The Bertz CT molecular complexity index is 1280. The van der Waals surface area contributed by atoms with E-state index in [4.69, 9.17) is 10.5 Å². The normalized spacial score (nSPS) is 12.2. The fraction of sp³-hybridized carbons (Fsp3) is 0.435. The van der Waals surface area contributed by atoms with Gasteiger partial charge in [0.15, 0.2) is 16.8 Å². The van der Waals surface area contributed by atoms with Gasteiger partial charge in [-0.15, -0.1) is 10.2 Å². The number of anilines is 1. The van der Waals surface area contributed by atoms with Crippen LogP contribution >= 0.6 is 11.8 Å². The first kappa shape index (κ1) is 25.3. The summed E-state index contributed by atoms with van der Waals surface area (Å²) < 4.78 is 9.77. The van der Waals surface area contributed by atoms with E-state index in [0.717, 1.165) is 21.3 Å². The molecule has 0 saturated carbocycles. The number of Topliss-reactive ketones (excluding diaryl/α,β-unsaturated/α-hetero) is 1. The molecule has 0 aliphatic carbocycles. The molecule has 0 fully saturated rings.